The third kappa shape index (κ3) is 5.70. The zero-order valence-corrected chi connectivity index (χ0v) is 25.3. The smallest absolute Gasteiger partial charge is 0.262 e. The van der Waals surface area contributed by atoms with Crippen molar-refractivity contribution < 1.29 is 19.2 Å². The van der Waals surface area contributed by atoms with E-state index in [9.17, 15) is 19.2 Å². The van der Waals surface area contributed by atoms with E-state index in [0.29, 0.717) is 30.2 Å². The second kappa shape index (κ2) is 11.7. The molecular weight excluding hydrogens is 572 g/mol. The summed E-state index contributed by atoms with van der Waals surface area (Å²) < 4.78 is 2.14. The highest BCUT2D eigenvalue weighted by Gasteiger charge is 2.42. The number of nitrogens with one attached hydrogen (secondary N) is 2. The average molecular weight is 611 g/mol. The number of anilines is 2. The van der Waals surface area contributed by atoms with Gasteiger partial charge in [0, 0.05) is 49.4 Å². The van der Waals surface area contributed by atoms with Gasteiger partial charge in [-0.3, -0.25) is 24.0 Å². The normalized spacial score (nSPS) is 22.0. The molecular formula is C33H38N8O4. The number of rotatable bonds is 13. The molecule has 3 aromatic rings. The molecule has 4 heterocycles. The van der Waals surface area contributed by atoms with E-state index in [4.69, 9.17) is 15.8 Å². The highest BCUT2D eigenvalue weighted by Crippen LogP contribution is 2.45. The molecule has 3 amide bonds. The summed E-state index contributed by atoms with van der Waals surface area (Å²) in [7, 11) is 2.12. The number of carbonyl (C=O) groups is 4. The molecule has 2 aliphatic carbocycles. The van der Waals surface area contributed by atoms with Gasteiger partial charge in [0.05, 0.1) is 34.6 Å². The van der Waals surface area contributed by atoms with E-state index in [1.807, 2.05) is 6.07 Å². The average Bonchev–Trinajstić information content (AvgIpc) is 3.70. The van der Waals surface area contributed by atoms with Crippen molar-refractivity contribution in [1.29, 1.82) is 0 Å². The van der Waals surface area contributed by atoms with Crippen LogP contribution in [0.15, 0.2) is 42.6 Å². The first kappa shape index (κ1) is 29.1. The molecule has 0 spiro atoms. The van der Waals surface area contributed by atoms with Crippen LogP contribution in [-0.2, 0) is 9.59 Å². The maximum Gasteiger partial charge on any atom is 0.262 e. The molecule has 1 atom stereocenters. The first-order chi connectivity index (χ1) is 21.8. The Morgan fingerprint density at radius 3 is 2.58 bits per heavy atom. The number of aldehydes is 1. The van der Waals surface area contributed by atoms with Crippen LogP contribution < -0.4 is 16.4 Å². The molecule has 12 heteroatoms. The predicted molar refractivity (Wildman–Crippen MR) is 168 cm³/mol. The number of carbonyl (C=O) groups excluding carboxylic acids is 4. The molecule has 234 valence electrons. The number of nitrogens with zero attached hydrogens (tertiary/aromatic N) is 5. The maximum atomic E-state index is 13.1. The number of likely N-dealkylation sites (tertiary alicyclic amines) is 1. The number of benzene rings is 1. The Hall–Kier alpha value is -4.58. The first-order valence-electron chi connectivity index (χ1n) is 15.8. The van der Waals surface area contributed by atoms with Gasteiger partial charge in [0.25, 0.3) is 11.8 Å². The second-order valence-electron chi connectivity index (χ2n) is 12.9. The number of pyridine rings is 1. The molecule has 2 aromatic heterocycles. The number of aromatic nitrogens is 3. The summed E-state index contributed by atoms with van der Waals surface area (Å²) in [6.07, 6.45) is 7.15. The Labute approximate surface area is 261 Å². The lowest BCUT2D eigenvalue weighted by Gasteiger charge is -2.36. The van der Waals surface area contributed by atoms with Gasteiger partial charge in [-0.1, -0.05) is 6.07 Å². The minimum atomic E-state index is -1.15. The summed E-state index contributed by atoms with van der Waals surface area (Å²) in [6.45, 7) is 2.77. The van der Waals surface area contributed by atoms with Crippen LogP contribution in [0.5, 0.6) is 0 Å². The minimum absolute atomic E-state index is 0.0106. The van der Waals surface area contributed by atoms with Gasteiger partial charge < -0.3 is 26.1 Å². The van der Waals surface area contributed by atoms with E-state index in [-0.39, 0.29) is 24.0 Å². The van der Waals surface area contributed by atoms with Crippen LogP contribution in [0, 0.1) is 5.92 Å². The molecule has 1 aromatic carbocycles. The lowest BCUT2D eigenvalue weighted by Crippen LogP contribution is -2.52. The molecule has 4 aliphatic rings. The van der Waals surface area contributed by atoms with E-state index in [0.717, 1.165) is 65.8 Å². The van der Waals surface area contributed by atoms with Gasteiger partial charge in [0.2, 0.25) is 5.91 Å². The first-order valence-corrected chi connectivity index (χ1v) is 15.8. The summed E-state index contributed by atoms with van der Waals surface area (Å²) >= 11 is 0. The fourth-order valence-corrected chi connectivity index (χ4v) is 6.74. The van der Waals surface area contributed by atoms with Gasteiger partial charge in [0.1, 0.15) is 18.1 Å². The molecule has 1 unspecified atom stereocenters. The zero-order chi connectivity index (χ0) is 31.2. The van der Waals surface area contributed by atoms with Crippen LogP contribution in [-0.4, -0.2) is 87.3 Å². The fourth-order valence-electron chi connectivity index (χ4n) is 6.74. The summed E-state index contributed by atoms with van der Waals surface area (Å²) in [6, 6.07) is 10.8. The monoisotopic (exact) mass is 610 g/mol. The molecule has 2 saturated carbocycles. The van der Waals surface area contributed by atoms with Crippen LogP contribution in [0.4, 0.5) is 11.5 Å². The molecule has 45 heavy (non-hydrogen) atoms. The molecule has 12 nitrogen and oxygen atoms in total. The van der Waals surface area contributed by atoms with Crippen LogP contribution in [0.2, 0.25) is 0 Å². The lowest BCUT2D eigenvalue weighted by molar-refractivity contribution is -0.122. The minimum Gasteiger partial charge on any atom is -0.385 e. The van der Waals surface area contributed by atoms with Gasteiger partial charge >= 0.3 is 0 Å². The third-order valence-corrected chi connectivity index (χ3v) is 9.46. The number of hydrogen-bond donors (Lipinski definition) is 3. The topological polar surface area (TPSA) is 156 Å². The molecule has 0 bridgehead atoms. The van der Waals surface area contributed by atoms with Gasteiger partial charge in [-0.05, 0) is 75.4 Å². The number of primary amides is 1. The number of likely N-dealkylation sites (N-methyl/N-ethyl adjacent to an activating group) is 1. The van der Waals surface area contributed by atoms with Crippen LogP contribution >= 0.6 is 0 Å². The standard InChI is InChI=1S/C33H38N8O4/c1-39-16-22(17-39)36-29-6-2-4-27(37-29)26-18-40(38-30(26)20-7-8-20)23-12-19(13-23)15-35-21-9-10-24-25(14-21)33(45)41(32(24)44)28(31(34)43)5-3-11-42/h2,4,6,9-11,14,18-20,22-23,28,35H,3,5,7-8,12-13,15-17H2,1H3,(H2,34,43)(H,36,37)/t19-,23-,28?. The number of hydrogen-bond acceptors (Lipinski definition) is 9. The SMILES string of the molecule is CN1CC(Nc2cccc(-c3cn([C@H]4C[C@H](CNc5ccc6c(c5)C(=O)N(C(CCC=O)C(N)=O)C6=O)C4)nc3C3CC3)n2)C1. The summed E-state index contributed by atoms with van der Waals surface area (Å²) in [5, 5.41) is 12.0. The number of fused-ring (bicyclic) bond motifs is 1. The van der Waals surface area contributed by atoms with E-state index < -0.39 is 23.8 Å². The Morgan fingerprint density at radius 2 is 1.87 bits per heavy atom. The Kier molecular flexibility index (Phi) is 7.60. The van der Waals surface area contributed by atoms with Crippen LogP contribution in [0.25, 0.3) is 11.3 Å². The fraction of sp³-hybridized carbons (Fsp3) is 0.455. The van der Waals surface area contributed by atoms with Crippen molar-refractivity contribution in [2.45, 2.75) is 62.6 Å². The Morgan fingerprint density at radius 1 is 1.09 bits per heavy atom. The highest BCUT2D eigenvalue weighted by atomic mass is 16.2. The molecule has 4 N–H and O–H groups in total. The number of nitrogens with two attached hydrogens (primary N) is 1. The second-order valence-corrected chi connectivity index (χ2v) is 12.9. The van der Waals surface area contributed by atoms with Crippen molar-refractivity contribution in [3.05, 3.63) is 59.4 Å². The van der Waals surface area contributed by atoms with Gasteiger partial charge in [-0.25, -0.2) is 4.98 Å². The van der Waals surface area contributed by atoms with Crippen LogP contribution in [0.3, 0.4) is 0 Å². The van der Waals surface area contributed by atoms with Crippen LogP contribution in [0.1, 0.15) is 76.9 Å². The Bertz CT molecular complexity index is 1650. The van der Waals surface area contributed by atoms with Crippen molar-refractivity contribution in [3.8, 4) is 11.3 Å². The summed E-state index contributed by atoms with van der Waals surface area (Å²) in [5.74, 6) is -0.0901. The predicted octanol–water partition coefficient (Wildman–Crippen LogP) is 3.04. The largest absolute Gasteiger partial charge is 0.385 e. The summed E-state index contributed by atoms with van der Waals surface area (Å²) in [5.41, 5.74) is 9.91. The van der Waals surface area contributed by atoms with Gasteiger partial charge in [-0.15, -0.1) is 0 Å². The Balaban J connectivity index is 0.976. The van der Waals surface area contributed by atoms with E-state index in [2.05, 4.69) is 45.6 Å². The van der Waals surface area contributed by atoms with Crippen molar-refractivity contribution in [1.82, 2.24) is 24.6 Å². The van der Waals surface area contributed by atoms with Gasteiger partial charge in [0.15, 0.2) is 0 Å². The molecule has 7 rings (SSSR count). The number of imide groups is 1. The molecule has 3 fully saturated rings. The quantitative estimate of drug-likeness (QED) is 0.196. The molecule has 0 radical (unpaired) electrons. The number of amides is 3. The molecule has 1 saturated heterocycles. The zero-order valence-electron chi connectivity index (χ0n) is 25.3. The van der Waals surface area contributed by atoms with E-state index >= 15 is 0 Å². The summed E-state index contributed by atoms with van der Waals surface area (Å²) in [4.78, 5) is 57.0. The van der Waals surface area contributed by atoms with Crippen molar-refractivity contribution in [2.24, 2.45) is 11.7 Å². The van der Waals surface area contributed by atoms with Gasteiger partial charge in [-0.2, -0.15) is 5.10 Å². The van der Waals surface area contributed by atoms with Crippen molar-refractivity contribution >= 4 is 35.5 Å². The maximum absolute atomic E-state index is 13.1. The van der Waals surface area contributed by atoms with E-state index in [1.165, 1.54) is 12.8 Å². The highest BCUT2D eigenvalue weighted by molar-refractivity contribution is 6.23. The molecule has 2 aliphatic heterocycles. The van der Waals surface area contributed by atoms with Crippen molar-refractivity contribution in [3.63, 3.8) is 0 Å². The van der Waals surface area contributed by atoms with Crippen molar-refractivity contribution in [2.75, 3.05) is 37.3 Å². The lowest BCUT2D eigenvalue weighted by atomic mass is 9.80. The van der Waals surface area contributed by atoms with E-state index in [1.54, 1.807) is 18.2 Å². The third-order valence-electron chi connectivity index (χ3n) is 9.46.